The molecule has 1 heteroatoms. The van der Waals surface area contributed by atoms with Crippen LogP contribution in [0.4, 0.5) is 17.1 Å². The van der Waals surface area contributed by atoms with E-state index < -0.39 is 0 Å². The second-order valence-electron chi connectivity index (χ2n) is 13.5. The molecule has 0 radical (unpaired) electrons. The average Bonchev–Trinajstić information content (AvgIpc) is 3.37. The van der Waals surface area contributed by atoms with Crippen molar-refractivity contribution in [2.75, 3.05) is 4.90 Å². The second-order valence-corrected chi connectivity index (χ2v) is 13.5. The van der Waals surface area contributed by atoms with Gasteiger partial charge in [0.15, 0.2) is 0 Å². The van der Waals surface area contributed by atoms with Gasteiger partial charge in [-0.3, -0.25) is 0 Å². The third kappa shape index (κ3) is 4.70. The van der Waals surface area contributed by atoms with Crippen molar-refractivity contribution in [3.05, 3.63) is 186 Å². The molecule has 0 N–H and O–H groups in total. The molecule has 0 unspecified atom stereocenters. The van der Waals surface area contributed by atoms with Gasteiger partial charge in [-0.05, 0) is 120 Å². The number of anilines is 3. The van der Waals surface area contributed by atoms with Gasteiger partial charge in [-0.2, -0.15) is 0 Å². The van der Waals surface area contributed by atoms with E-state index in [0.717, 1.165) is 17.1 Å². The van der Waals surface area contributed by atoms with E-state index in [4.69, 9.17) is 0 Å². The van der Waals surface area contributed by atoms with Crippen LogP contribution in [-0.2, 0) is 5.41 Å². The monoisotopic (exact) mass is 613 g/mol. The summed E-state index contributed by atoms with van der Waals surface area (Å²) in [5, 5.41) is 7.96. The Labute approximate surface area is 282 Å². The molecule has 1 aliphatic rings. The van der Waals surface area contributed by atoms with Crippen molar-refractivity contribution < 1.29 is 0 Å². The summed E-state index contributed by atoms with van der Waals surface area (Å²) in [5.74, 6) is 0. The maximum atomic E-state index is 2.42. The van der Waals surface area contributed by atoms with E-state index in [2.05, 4.69) is 195 Å². The molecular weight excluding hydrogens is 579 g/mol. The molecule has 0 aromatic heterocycles. The van der Waals surface area contributed by atoms with Crippen molar-refractivity contribution in [1.29, 1.82) is 0 Å². The van der Waals surface area contributed by atoms with E-state index in [1.54, 1.807) is 0 Å². The fourth-order valence-corrected chi connectivity index (χ4v) is 7.64. The SMILES string of the molecule is CC1(C)c2cccc3ccc4cc(-c5ccc(C=Cc6ccc7cc(N(c8ccccc8)c8ccccc8)ccc7c6)cc5)cc1c4c23. The maximum Gasteiger partial charge on any atom is 0.0468 e. The number of nitrogens with zero attached hydrogens (tertiary/aromatic N) is 1. The Bertz CT molecular complexity index is 2470. The van der Waals surface area contributed by atoms with Crippen LogP contribution in [0.15, 0.2) is 164 Å². The maximum absolute atomic E-state index is 2.42. The molecule has 228 valence electrons. The van der Waals surface area contributed by atoms with Gasteiger partial charge in [-0.15, -0.1) is 0 Å². The Hall–Kier alpha value is -5.92. The number of benzene rings is 8. The summed E-state index contributed by atoms with van der Waals surface area (Å²) in [5.41, 5.74) is 11.2. The first kappa shape index (κ1) is 28.3. The van der Waals surface area contributed by atoms with Crippen molar-refractivity contribution in [2.24, 2.45) is 0 Å². The first-order chi connectivity index (χ1) is 23.5. The predicted molar refractivity (Wildman–Crippen MR) is 207 cm³/mol. The highest BCUT2D eigenvalue weighted by Gasteiger charge is 2.34. The van der Waals surface area contributed by atoms with Crippen molar-refractivity contribution in [3.8, 4) is 11.1 Å². The van der Waals surface area contributed by atoms with Crippen LogP contribution in [0, 0.1) is 0 Å². The topological polar surface area (TPSA) is 3.24 Å². The zero-order chi connectivity index (χ0) is 32.2. The number of hydrogen-bond donors (Lipinski definition) is 0. The Morgan fingerprint density at radius 2 is 1.00 bits per heavy atom. The molecule has 0 bridgehead atoms. The minimum atomic E-state index is -0.00920. The standard InChI is InChI=1S/C47H35N/c1-47(2)43-15-9-10-35-24-25-38-29-39(31-44(47)46(38)45(35)43)34-21-18-32(19-22-34)16-17-33-20-23-37-30-42(27-26-36(37)28-33)48(40-11-5-3-6-12-40)41-13-7-4-8-14-41/h3-31H,1-2H3. The van der Waals surface area contributed by atoms with Crippen LogP contribution in [0.5, 0.6) is 0 Å². The highest BCUT2D eigenvalue weighted by molar-refractivity contribution is 6.15. The summed E-state index contributed by atoms with van der Waals surface area (Å²) < 4.78 is 0. The van der Waals surface area contributed by atoms with Crippen LogP contribution in [0.2, 0.25) is 0 Å². The molecule has 1 aliphatic carbocycles. The normalized spacial score (nSPS) is 13.3. The molecule has 0 fully saturated rings. The molecule has 0 aliphatic heterocycles. The molecule has 0 atom stereocenters. The Balaban J connectivity index is 0.984. The minimum absolute atomic E-state index is 0.00920. The van der Waals surface area contributed by atoms with Gasteiger partial charge in [0.05, 0.1) is 0 Å². The summed E-state index contributed by atoms with van der Waals surface area (Å²) in [6, 6.07) is 59.6. The van der Waals surface area contributed by atoms with E-state index in [-0.39, 0.29) is 5.41 Å². The summed E-state index contributed by atoms with van der Waals surface area (Å²) in [4.78, 5) is 2.31. The van der Waals surface area contributed by atoms with E-state index in [9.17, 15) is 0 Å². The lowest BCUT2D eigenvalue weighted by atomic mass is 9.81. The van der Waals surface area contributed by atoms with Crippen molar-refractivity contribution in [1.82, 2.24) is 0 Å². The van der Waals surface area contributed by atoms with Crippen LogP contribution in [-0.4, -0.2) is 0 Å². The summed E-state index contributed by atoms with van der Waals surface area (Å²) in [6.45, 7) is 4.73. The third-order valence-corrected chi connectivity index (χ3v) is 10.2. The summed E-state index contributed by atoms with van der Waals surface area (Å²) in [7, 11) is 0. The van der Waals surface area contributed by atoms with Crippen LogP contribution in [0.3, 0.4) is 0 Å². The van der Waals surface area contributed by atoms with Crippen molar-refractivity contribution in [2.45, 2.75) is 19.3 Å². The molecule has 48 heavy (non-hydrogen) atoms. The molecule has 8 aromatic rings. The average molecular weight is 614 g/mol. The van der Waals surface area contributed by atoms with Crippen LogP contribution >= 0.6 is 0 Å². The number of fused-ring (bicyclic) bond motifs is 1. The highest BCUT2D eigenvalue weighted by Crippen LogP contribution is 2.50. The largest absolute Gasteiger partial charge is 0.310 e. The third-order valence-electron chi connectivity index (χ3n) is 10.2. The molecule has 1 nitrogen and oxygen atoms in total. The number of hydrogen-bond acceptors (Lipinski definition) is 1. The molecule has 0 heterocycles. The molecule has 8 aromatic carbocycles. The zero-order valence-corrected chi connectivity index (χ0v) is 27.2. The minimum Gasteiger partial charge on any atom is -0.310 e. The zero-order valence-electron chi connectivity index (χ0n) is 27.2. The first-order valence-electron chi connectivity index (χ1n) is 16.8. The summed E-state index contributed by atoms with van der Waals surface area (Å²) in [6.07, 6.45) is 4.42. The predicted octanol–water partition coefficient (Wildman–Crippen LogP) is 13.1. The van der Waals surface area contributed by atoms with Crippen molar-refractivity contribution >= 4 is 61.5 Å². The van der Waals surface area contributed by atoms with Gasteiger partial charge in [0.25, 0.3) is 0 Å². The van der Waals surface area contributed by atoms with E-state index in [0.29, 0.717) is 0 Å². The molecule has 0 amide bonds. The smallest absolute Gasteiger partial charge is 0.0468 e. The van der Waals surface area contributed by atoms with Gasteiger partial charge in [0.1, 0.15) is 0 Å². The van der Waals surface area contributed by atoms with Crippen LogP contribution in [0.25, 0.3) is 55.6 Å². The molecule has 0 spiro atoms. The highest BCUT2D eigenvalue weighted by atomic mass is 15.1. The summed E-state index contributed by atoms with van der Waals surface area (Å²) >= 11 is 0. The van der Waals surface area contributed by atoms with Gasteiger partial charge < -0.3 is 4.90 Å². The van der Waals surface area contributed by atoms with Gasteiger partial charge >= 0.3 is 0 Å². The Morgan fingerprint density at radius 1 is 0.396 bits per heavy atom. The second kappa shape index (κ2) is 11.1. The van der Waals surface area contributed by atoms with Crippen LogP contribution < -0.4 is 4.90 Å². The first-order valence-corrected chi connectivity index (χ1v) is 16.8. The lowest BCUT2D eigenvalue weighted by Crippen LogP contribution is -2.15. The Kier molecular flexibility index (Phi) is 6.55. The van der Waals surface area contributed by atoms with Crippen molar-refractivity contribution in [3.63, 3.8) is 0 Å². The van der Waals surface area contributed by atoms with Crippen LogP contribution in [0.1, 0.15) is 36.1 Å². The van der Waals surface area contributed by atoms with Gasteiger partial charge in [-0.1, -0.05) is 135 Å². The molecule has 0 saturated carbocycles. The van der Waals surface area contributed by atoms with Gasteiger partial charge in [0, 0.05) is 22.5 Å². The lowest BCUT2D eigenvalue weighted by molar-refractivity contribution is 0.663. The quantitative estimate of drug-likeness (QED) is 0.133. The fraction of sp³-hybridized carbons (Fsp3) is 0.0638. The van der Waals surface area contributed by atoms with Gasteiger partial charge in [0.2, 0.25) is 0 Å². The lowest BCUT2D eigenvalue weighted by Gasteiger charge is -2.25. The number of rotatable bonds is 6. The van der Waals surface area contributed by atoms with E-state index in [1.807, 2.05) is 0 Å². The van der Waals surface area contributed by atoms with E-state index >= 15 is 0 Å². The number of para-hydroxylation sites is 2. The van der Waals surface area contributed by atoms with Gasteiger partial charge in [-0.25, -0.2) is 0 Å². The fourth-order valence-electron chi connectivity index (χ4n) is 7.64. The molecule has 0 saturated heterocycles. The molecular formula is C47H35N. The Morgan fingerprint density at radius 3 is 1.75 bits per heavy atom. The van der Waals surface area contributed by atoms with E-state index in [1.165, 1.54) is 65.7 Å². The molecule has 9 rings (SSSR count).